The van der Waals surface area contributed by atoms with Crippen LogP contribution in [-0.2, 0) is 16.0 Å². The average molecular weight is 235 g/mol. The van der Waals surface area contributed by atoms with Gasteiger partial charge in [0.05, 0.1) is 11.5 Å². The molecule has 17 heavy (non-hydrogen) atoms. The molecule has 1 aromatic rings. The largest absolute Gasteiger partial charge is 0.481 e. The SMILES string of the molecule is CC1OCCC1(CCc1cccnc1)C(=O)O. The van der Waals surface area contributed by atoms with Gasteiger partial charge in [-0.2, -0.15) is 0 Å². The quantitative estimate of drug-likeness (QED) is 0.865. The number of hydrogen-bond acceptors (Lipinski definition) is 3. The van der Waals surface area contributed by atoms with Crippen LogP contribution in [0.25, 0.3) is 0 Å². The summed E-state index contributed by atoms with van der Waals surface area (Å²) >= 11 is 0. The van der Waals surface area contributed by atoms with Crippen LogP contribution in [0.1, 0.15) is 25.3 Å². The van der Waals surface area contributed by atoms with Gasteiger partial charge in [0.15, 0.2) is 0 Å². The second-order valence-electron chi connectivity index (χ2n) is 4.59. The minimum absolute atomic E-state index is 0.211. The van der Waals surface area contributed by atoms with Gasteiger partial charge in [0.2, 0.25) is 0 Å². The number of carbonyl (C=O) groups is 1. The average Bonchev–Trinajstić information content (AvgIpc) is 2.71. The van der Waals surface area contributed by atoms with E-state index >= 15 is 0 Å². The molecular formula is C13H17NO3. The fraction of sp³-hybridized carbons (Fsp3) is 0.538. The van der Waals surface area contributed by atoms with E-state index in [4.69, 9.17) is 4.74 Å². The molecule has 1 fully saturated rings. The molecule has 2 rings (SSSR count). The van der Waals surface area contributed by atoms with E-state index in [-0.39, 0.29) is 6.10 Å². The predicted molar refractivity (Wildman–Crippen MR) is 62.7 cm³/mol. The van der Waals surface area contributed by atoms with Crippen LogP contribution in [-0.4, -0.2) is 28.8 Å². The highest BCUT2D eigenvalue weighted by atomic mass is 16.5. The van der Waals surface area contributed by atoms with Gasteiger partial charge < -0.3 is 9.84 Å². The van der Waals surface area contributed by atoms with Gasteiger partial charge in [-0.05, 0) is 37.8 Å². The fourth-order valence-corrected chi connectivity index (χ4v) is 2.41. The number of carboxylic acids is 1. The molecule has 0 spiro atoms. The predicted octanol–water partition coefficient (Wildman–Crippen LogP) is 1.89. The summed E-state index contributed by atoms with van der Waals surface area (Å²) in [7, 11) is 0. The number of hydrogen-bond donors (Lipinski definition) is 1. The summed E-state index contributed by atoms with van der Waals surface area (Å²) in [5, 5.41) is 9.42. The highest BCUT2D eigenvalue weighted by Crippen LogP contribution is 2.39. The van der Waals surface area contributed by atoms with Crippen molar-refractivity contribution in [2.24, 2.45) is 5.41 Å². The molecule has 1 aromatic heterocycles. The van der Waals surface area contributed by atoms with Crippen LogP contribution in [0, 0.1) is 5.41 Å². The van der Waals surface area contributed by atoms with Crippen molar-refractivity contribution in [2.45, 2.75) is 32.3 Å². The Morgan fingerprint density at radius 1 is 1.71 bits per heavy atom. The van der Waals surface area contributed by atoms with Crippen molar-refractivity contribution >= 4 is 5.97 Å². The molecule has 1 N–H and O–H groups in total. The zero-order valence-electron chi connectivity index (χ0n) is 9.93. The van der Waals surface area contributed by atoms with Crippen LogP contribution in [0.2, 0.25) is 0 Å². The molecule has 2 unspecified atom stereocenters. The van der Waals surface area contributed by atoms with E-state index in [2.05, 4.69) is 4.98 Å². The Labute approximate surface area is 101 Å². The molecule has 2 atom stereocenters. The third-order valence-corrected chi connectivity index (χ3v) is 3.70. The molecule has 0 radical (unpaired) electrons. The van der Waals surface area contributed by atoms with E-state index in [0.717, 1.165) is 12.0 Å². The first-order chi connectivity index (χ1) is 8.15. The van der Waals surface area contributed by atoms with Crippen molar-refractivity contribution in [3.63, 3.8) is 0 Å². The summed E-state index contributed by atoms with van der Waals surface area (Å²) in [5.41, 5.74) is 0.350. The van der Waals surface area contributed by atoms with Crippen molar-refractivity contribution in [3.05, 3.63) is 30.1 Å². The lowest BCUT2D eigenvalue weighted by Gasteiger charge is -2.27. The third-order valence-electron chi connectivity index (χ3n) is 3.70. The molecule has 92 valence electrons. The molecule has 4 nitrogen and oxygen atoms in total. The normalized spacial score (nSPS) is 28.2. The minimum atomic E-state index is -0.744. The molecule has 0 bridgehead atoms. The van der Waals surface area contributed by atoms with Crippen LogP contribution in [0.4, 0.5) is 0 Å². The van der Waals surface area contributed by atoms with Gasteiger partial charge in [-0.1, -0.05) is 6.07 Å². The number of nitrogens with zero attached hydrogens (tertiary/aromatic N) is 1. The molecule has 0 aliphatic carbocycles. The zero-order chi connectivity index (χ0) is 12.3. The Balaban J connectivity index is 2.07. The Bertz CT molecular complexity index is 393. The summed E-state index contributed by atoms with van der Waals surface area (Å²) in [4.78, 5) is 15.5. The first-order valence-corrected chi connectivity index (χ1v) is 5.89. The Hall–Kier alpha value is -1.42. The maximum Gasteiger partial charge on any atom is 0.312 e. The number of rotatable bonds is 4. The van der Waals surface area contributed by atoms with Gasteiger partial charge in [-0.3, -0.25) is 9.78 Å². The summed E-state index contributed by atoms with van der Waals surface area (Å²) in [6, 6.07) is 3.85. The van der Waals surface area contributed by atoms with E-state index in [1.807, 2.05) is 19.1 Å². The van der Waals surface area contributed by atoms with E-state index in [0.29, 0.717) is 19.4 Å². The molecule has 1 aliphatic heterocycles. The van der Waals surface area contributed by atoms with Crippen LogP contribution < -0.4 is 0 Å². The number of pyridine rings is 1. The Morgan fingerprint density at radius 3 is 3.06 bits per heavy atom. The van der Waals surface area contributed by atoms with E-state index < -0.39 is 11.4 Å². The van der Waals surface area contributed by atoms with Gasteiger partial charge in [0.25, 0.3) is 0 Å². The maximum atomic E-state index is 11.5. The summed E-state index contributed by atoms with van der Waals surface area (Å²) in [5.74, 6) is -0.744. The number of aryl methyl sites for hydroxylation is 1. The van der Waals surface area contributed by atoms with Gasteiger partial charge in [0, 0.05) is 19.0 Å². The third kappa shape index (κ3) is 2.31. The van der Waals surface area contributed by atoms with Crippen LogP contribution in [0.3, 0.4) is 0 Å². The van der Waals surface area contributed by atoms with Crippen LogP contribution in [0.5, 0.6) is 0 Å². The first kappa shape index (κ1) is 12.0. The number of ether oxygens (including phenoxy) is 1. The Kier molecular flexibility index (Phi) is 3.43. The van der Waals surface area contributed by atoms with Gasteiger partial charge >= 0.3 is 5.97 Å². The minimum Gasteiger partial charge on any atom is -0.481 e. The molecule has 0 aromatic carbocycles. The van der Waals surface area contributed by atoms with Crippen molar-refractivity contribution in [1.29, 1.82) is 0 Å². The number of aromatic nitrogens is 1. The molecule has 1 saturated heterocycles. The number of carboxylic acid groups (broad SMARTS) is 1. The smallest absolute Gasteiger partial charge is 0.312 e. The van der Waals surface area contributed by atoms with Crippen LogP contribution in [0.15, 0.2) is 24.5 Å². The van der Waals surface area contributed by atoms with E-state index in [9.17, 15) is 9.90 Å². The molecule has 0 amide bonds. The standard InChI is InChI=1S/C13H17NO3/c1-10-13(12(15)16,6-8-17-10)5-4-11-3-2-7-14-9-11/h2-3,7,9-10H,4-6,8H2,1H3,(H,15,16). The van der Waals surface area contributed by atoms with Gasteiger partial charge in [0.1, 0.15) is 0 Å². The Morgan fingerprint density at radius 2 is 2.53 bits per heavy atom. The van der Waals surface area contributed by atoms with E-state index in [1.54, 1.807) is 12.4 Å². The highest BCUT2D eigenvalue weighted by molar-refractivity contribution is 5.75. The zero-order valence-corrected chi connectivity index (χ0v) is 9.93. The topological polar surface area (TPSA) is 59.4 Å². The first-order valence-electron chi connectivity index (χ1n) is 5.89. The van der Waals surface area contributed by atoms with Crippen molar-refractivity contribution < 1.29 is 14.6 Å². The van der Waals surface area contributed by atoms with Gasteiger partial charge in [-0.15, -0.1) is 0 Å². The van der Waals surface area contributed by atoms with Gasteiger partial charge in [-0.25, -0.2) is 0 Å². The second-order valence-corrected chi connectivity index (χ2v) is 4.59. The lowest BCUT2D eigenvalue weighted by molar-refractivity contribution is -0.152. The molecular weight excluding hydrogens is 218 g/mol. The van der Waals surface area contributed by atoms with E-state index in [1.165, 1.54) is 0 Å². The van der Waals surface area contributed by atoms with Crippen molar-refractivity contribution in [1.82, 2.24) is 4.98 Å². The monoisotopic (exact) mass is 235 g/mol. The highest BCUT2D eigenvalue weighted by Gasteiger charge is 2.47. The lowest BCUT2D eigenvalue weighted by Crippen LogP contribution is -2.37. The van der Waals surface area contributed by atoms with Crippen molar-refractivity contribution in [3.8, 4) is 0 Å². The number of aliphatic carboxylic acids is 1. The molecule has 1 aliphatic rings. The lowest BCUT2D eigenvalue weighted by atomic mass is 9.77. The molecule has 4 heteroatoms. The molecule has 2 heterocycles. The summed E-state index contributed by atoms with van der Waals surface area (Å²) < 4.78 is 5.42. The summed E-state index contributed by atoms with van der Waals surface area (Å²) in [6.45, 7) is 2.39. The fourth-order valence-electron chi connectivity index (χ4n) is 2.41. The van der Waals surface area contributed by atoms with Crippen LogP contribution >= 0.6 is 0 Å². The van der Waals surface area contributed by atoms with Crippen molar-refractivity contribution in [2.75, 3.05) is 6.61 Å². The maximum absolute atomic E-state index is 11.5. The second kappa shape index (κ2) is 4.84. The summed E-state index contributed by atoms with van der Waals surface area (Å²) in [6.07, 6.45) is 5.23. The molecule has 0 saturated carbocycles.